The van der Waals surface area contributed by atoms with Gasteiger partial charge in [-0.25, -0.2) is 18.3 Å². The standard InChI is InChI=1S/C17H15F2N7O/c1-9-22-23-17(27-9)25-6-4-11-14(21-8-20-11)15(25)12-7-13-10(16(18)19)3-2-5-26(13)24-12/h2-3,5,7-8,15-16H,4,6H2,1H3,(H,20,21)/t15-/m0/s1. The molecule has 4 aromatic heterocycles. The minimum Gasteiger partial charge on any atom is -0.408 e. The number of imidazole rings is 1. The summed E-state index contributed by atoms with van der Waals surface area (Å²) in [5.41, 5.74) is 2.66. The van der Waals surface area contributed by atoms with Crippen LogP contribution in [0.25, 0.3) is 5.52 Å². The maximum Gasteiger partial charge on any atom is 0.319 e. The summed E-state index contributed by atoms with van der Waals surface area (Å²) >= 11 is 0. The average molecular weight is 371 g/mol. The Labute approximate surface area is 151 Å². The monoisotopic (exact) mass is 371 g/mol. The second-order valence-corrected chi connectivity index (χ2v) is 6.38. The quantitative estimate of drug-likeness (QED) is 0.596. The lowest BCUT2D eigenvalue weighted by Crippen LogP contribution is -2.36. The van der Waals surface area contributed by atoms with Gasteiger partial charge >= 0.3 is 6.01 Å². The van der Waals surface area contributed by atoms with Crippen LogP contribution in [0.4, 0.5) is 14.8 Å². The molecule has 0 fully saturated rings. The minimum absolute atomic E-state index is 0.0607. The molecule has 1 aliphatic heterocycles. The van der Waals surface area contributed by atoms with Crippen molar-refractivity contribution in [2.24, 2.45) is 0 Å². The molecule has 10 heteroatoms. The molecular weight excluding hydrogens is 356 g/mol. The fourth-order valence-corrected chi connectivity index (χ4v) is 3.56. The van der Waals surface area contributed by atoms with Crippen LogP contribution in [0, 0.1) is 6.92 Å². The molecule has 1 atom stereocenters. The predicted molar refractivity (Wildman–Crippen MR) is 90.7 cm³/mol. The maximum absolute atomic E-state index is 13.4. The minimum atomic E-state index is -2.58. The van der Waals surface area contributed by atoms with Crippen molar-refractivity contribution in [3.8, 4) is 0 Å². The van der Waals surface area contributed by atoms with Crippen molar-refractivity contribution < 1.29 is 13.2 Å². The van der Waals surface area contributed by atoms with E-state index in [-0.39, 0.29) is 5.56 Å². The van der Waals surface area contributed by atoms with E-state index in [1.165, 1.54) is 10.6 Å². The van der Waals surface area contributed by atoms with E-state index < -0.39 is 12.5 Å². The molecule has 5 rings (SSSR count). The summed E-state index contributed by atoms with van der Waals surface area (Å²) in [5.74, 6) is 0.451. The van der Waals surface area contributed by atoms with Gasteiger partial charge in [0.2, 0.25) is 5.89 Å². The molecule has 0 aromatic carbocycles. The summed E-state index contributed by atoms with van der Waals surface area (Å²) in [6.07, 6.45) is 1.42. The zero-order valence-corrected chi connectivity index (χ0v) is 14.3. The first-order chi connectivity index (χ1) is 13.1. The van der Waals surface area contributed by atoms with E-state index in [1.54, 1.807) is 31.6 Å². The van der Waals surface area contributed by atoms with Crippen molar-refractivity contribution in [1.82, 2.24) is 29.8 Å². The van der Waals surface area contributed by atoms with Gasteiger partial charge in [0.1, 0.15) is 6.04 Å². The highest BCUT2D eigenvalue weighted by Crippen LogP contribution is 2.37. The van der Waals surface area contributed by atoms with E-state index in [0.717, 1.165) is 17.8 Å². The number of aromatic amines is 1. The van der Waals surface area contributed by atoms with Gasteiger partial charge in [0, 0.05) is 37.3 Å². The van der Waals surface area contributed by atoms with E-state index >= 15 is 0 Å². The number of nitrogens with one attached hydrogen (secondary N) is 1. The Bertz CT molecular complexity index is 1120. The highest BCUT2D eigenvalue weighted by Gasteiger charge is 2.36. The highest BCUT2D eigenvalue weighted by molar-refractivity contribution is 5.58. The van der Waals surface area contributed by atoms with Crippen molar-refractivity contribution in [2.45, 2.75) is 25.8 Å². The third-order valence-electron chi connectivity index (χ3n) is 4.75. The lowest BCUT2D eigenvalue weighted by Gasteiger charge is -2.32. The number of halogens is 2. The van der Waals surface area contributed by atoms with Crippen molar-refractivity contribution in [2.75, 3.05) is 11.4 Å². The SMILES string of the molecule is Cc1nnc(N2CCc3[nH]cnc3[C@@H]2c2cc3c(C(F)F)cccn3n2)o1. The summed E-state index contributed by atoms with van der Waals surface area (Å²) in [7, 11) is 0. The number of H-pyrrole nitrogens is 1. The van der Waals surface area contributed by atoms with Gasteiger partial charge in [-0.15, -0.1) is 5.10 Å². The van der Waals surface area contributed by atoms with Gasteiger partial charge in [-0.05, 0) is 18.2 Å². The number of alkyl halides is 2. The molecule has 1 N–H and O–H groups in total. The number of rotatable bonds is 3. The number of hydrogen-bond donors (Lipinski definition) is 1. The summed E-state index contributed by atoms with van der Waals surface area (Å²) in [4.78, 5) is 9.49. The van der Waals surface area contributed by atoms with Crippen molar-refractivity contribution >= 4 is 11.5 Å². The Morgan fingerprint density at radius 3 is 3.00 bits per heavy atom. The number of fused-ring (bicyclic) bond motifs is 2. The van der Waals surface area contributed by atoms with Crippen LogP contribution in [0.15, 0.2) is 35.1 Å². The second-order valence-electron chi connectivity index (χ2n) is 6.38. The number of aryl methyl sites for hydroxylation is 1. The predicted octanol–water partition coefficient (Wildman–Crippen LogP) is 2.84. The summed E-state index contributed by atoms with van der Waals surface area (Å²) in [6.45, 7) is 2.33. The van der Waals surface area contributed by atoms with E-state index in [1.807, 2.05) is 4.90 Å². The Morgan fingerprint density at radius 2 is 2.22 bits per heavy atom. The molecule has 8 nitrogen and oxygen atoms in total. The van der Waals surface area contributed by atoms with E-state index in [2.05, 4.69) is 25.3 Å². The Hall–Kier alpha value is -3.30. The largest absolute Gasteiger partial charge is 0.408 e. The van der Waals surface area contributed by atoms with Gasteiger partial charge in [0.15, 0.2) is 0 Å². The molecule has 27 heavy (non-hydrogen) atoms. The second kappa shape index (κ2) is 5.86. The molecule has 138 valence electrons. The molecule has 5 heterocycles. The van der Waals surface area contributed by atoms with Crippen LogP contribution in [0.2, 0.25) is 0 Å². The summed E-state index contributed by atoms with van der Waals surface area (Å²) in [6, 6.07) is 4.59. The first-order valence-corrected chi connectivity index (χ1v) is 8.47. The smallest absolute Gasteiger partial charge is 0.319 e. The van der Waals surface area contributed by atoms with Crippen LogP contribution in [0.5, 0.6) is 0 Å². The first kappa shape index (κ1) is 15.9. The Morgan fingerprint density at radius 1 is 1.33 bits per heavy atom. The van der Waals surface area contributed by atoms with Crippen LogP contribution in [0.3, 0.4) is 0 Å². The number of anilines is 1. The molecule has 0 amide bonds. The zero-order chi connectivity index (χ0) is 18.5. The topological polar surface area (TPSA) is 88.1 Å². The summed E-state index contributed by atoms with van der Waals surface area (Å²) in [5, 5.41) is 12.6. The summed E-state index contributed by atoms with van der Waals surface area (Å²) < 4.78 is 33.8. The Kier molecular flexibility index (Phi) is 3.46. The van der Waals surface area contributed by atoms with Gasteiger partial charge < -0.3 is 14.3 Å². The van der Waals surface area contributed by atoms with E-state index in [4.69, 9.17) is 4.42 Å². The van der Waals surface area contributed by atoms with Crippen LogP contribution in [0.1, 0.15) is 41.0 Å². The fourth-order valence-electron chi connectivity index (χ4n) is 3.56. The number of pyridine rings is 1. The third kappa shape index (κ3) is 2.47. The number of hydrogen-bond acceptors (Lipinski definition) is 6. The lowest BCUT2D eigenvalue weighted by molar-refractivity contribution is 0.152. The Balaban J connectivity index is 1.68. The van der Waals surface area contributed by atoms with Gasteiger partial charge in [-0.3, -0.25) is 0 Å². The fraction of sp³-hybridized carbons (Fsp3) is 0.294. The first-order valence-electron chi connectivity index (χ1n) is 8.47. The molecule has 0 aliphatic carbocycles. The molecule has 0 bridgehead atoms. The van der Waals surface area contributed by atoms with Crippen LogP contribution >= 0.6 is 0 Å². The highest BCUT2D eigenvalue weighted by atomic mass is 19.3. The molecule has 0 spiro atoms. The molecule has 0 unspecified atom stereocenters. The van der Waals surface area contributed by atoms with Crippen LogP contribution in [-0.2, 0) is 6.42 Å². The molecule has 0 radical (unpaired) electrons. The van der Waals surface area contributed by atoms with Crippen molar-refractivity contribution in [1.29, 1.82) is 0 Å². The van der Waals surface area contributed by atoms with Crippen LogP contribution in [-0.4, -0.2) is 36.3 Å². The number of aromatic nitrogens is 6. The number of nitrogens with zero attached hydrogens (tertiary/aromatic N) is 6. The van der Waals surface area contributed by atoms with Gasteiger partial charge in [0.25, 0.3) is 6.43 Å². The molecular formula is C17H15F2N7O. The third-order valence-corrected chi connectivity index (χ3v) is 4.75. The molecule has 0 saturated heterocycles. The van der Waals surface area contributed by atoms with Crippen molar-refractivity contribution in [3.63, 3.8) is 0 Å². The molecule has 4 aromatic rings. The van der Waals surface area contributed by atoms with E-state index in [9.17, 15) is 8.78 Å². The van der Waals surface area contributed by atoms with Crippen molar-refractivity contribution in [3.05, 3.63) is 59.3 Å². The lowest BCUT2D eigenvalue weighted by atomic mass is 10.00. The van der Waals surface area contributed by atoms with Crippen LogP contribution < -0.4 is 4.90 Å². The maximum atomic E-state index is 13.4. The molecule has 1 aliphatic rings. The zero-order valence-electron chi connectivity index (χ0n) is 14.3. The van der Waals surface area contributed by atoms with Gasteiger partial charge in [-0.2, -0.15) is 5.10 Å². The normalized spacial score (nSPS) is 17.0. The van der Waals surface area contributed by atoms with E-state index in [0.29, 0.717) is 29.7 Å². The van der Waals surface area contributed by atoms with Gasteiger partial charge in [0.05, 0.1) is 23.2 Å². The molecule has 0 saturated carbocycles. The van der Waals surface area contributed by atoms with Gasteiger partial charge in [-0.1, -0.05) is 5.10 Å². The average Bonchev–Trinajstić information content (AvgIpc) is 3.38.